The van der Waals surface area contributed by atoms with Crippen molar-refractivity contribution in [2.45, 2.75) is 0 Å². The molecule has 0 saturated heterocycles. The van der Waals surface area contributed by atoms with Crippen molar-refractivity contribution in [1.29, 1.82) is 0 Å². The summed E-state index contributed by atoms with van der Waals surface area (Å²) < 4.78 is 87.7. The molecule has 2 aromatic rings. The Morgan fingerprint density at radius 1 is 0.577 bits per heavy atom. The number of allylic oxidation sites excluding steroid dienone is 4. The summed E-state index contributed by atoms with van der Waals surface area (Å²) in [6.07, 6.45) is 0. The van der Waals surface area contributed by atoms with Crippen LogP contribution in [0.2, 0.25) is 0 Å². The van der Waals surface area contributed by atoms with Crippen LogP contribution in [0.1, 0.15) is 11.1 Å². The first-order chi connectivity index (χ1) is 12.4. The second-order valence-corrected chi connectivity index (χ2v) is 4.98. The highest BCUT2D eigenvalue weighted by Gasteiger charge is 2.24. The molecule has 0 radical (unpaired) electrons. The molecule has 0 bridgehead atoms. The van der Waals surface area contributed by atoms with Crippen molar-refractivity contribution in [3.05, 3.63) is 89.0 Å². The van der Waals surface area contributed by atoms with E-state index >= 15 is 0 Å². The number of rotatable bonds is 5. The summed E-state index contributed by atoms with van der Waals surface area (Å²) in [5, 5.41) is 0. The van der Waals surface area contributed by atoms with Gasteiger partial charge in [-0.1, -0.05) is 30.3 Å². The molecule has 136 valence electrons. The Labute approximate surface area is 145 Å². The molecule has 0 heterocycles. The molecule has 0 spiro atoms. The van der Waals surface area contributed by atoms with Crippen molar-refractivity contribution in [2.75, 3.05) is 7.11 Å². The van der Waals surface area contributed by atoms with E-state index in [1.165, 1.54) is 37.4 Å². The minimum absolute atomic E-state index is 0.322. The summed E-state index contributed by atoms with van der Waals surface area (Å²) in [7, 11) is 1.34. The molecule has 0 saturated carbocycles. The predicted octanol–water partition coefficient (Wildman–Crippen LogP) is 6.76. The first-order valence-corrected chi connectivity index (χ1v) is 7.23. The predicted molar refractivity (Wildman–Crippen MR) is 87.0 cm³/mol. The Morgan fingerprint density at radius 2 is 1.00 bits per heavy atom. The van der Waals surface area contributed by atoms with Crippen LogP contribution in [-0.4, -0.2) is 7.11 Å². The molecule has 0 fully saturated rings. The second-order valence-electron chi connectivity index (χ2n) is 4.98. The summed E-state index contributed by atoms with van der Waals surface area (Å²) >= 11 is 0. The van der Waals surface area contributed by atoms with Crippen LogP contribution in [0.5, 0.6) is 5.75 Å². The maximum atomic E-state index is 14.0. The van der Waals surface area contributed by atoms with Crippen molar-refractivity contribution >= 4 is 11.7 Å². The van der Waals surface area contributed by atoms with E-state index in [0.717, 1.165) is 24.3 Å². The van der Waals surface area contributed by atoms with E-state index in [9.17, 15) is 26.3 Å². The van der Waals surface area contributed by atoms with E-state index in [2.05, 4.69) is 0 Å². The van der Waals surface area contributed by atoms with Crippen LogP contribution in [0.15, 0.2) is 77.9 Å². The Morgan fingerprint density at radius 3 is 1.42 bits per heavy atom. The van der Waals surface area contributed by atoms with Gasteiger partial charge in [-0.15, -0.1) is 0 Å². The molecule has 0 aromatic heterocycles. The van der Waals surface area contributed by atoms with Gasteiger partial charge in [0, 0.05) is 11.1 Å². The van der Waals surface area contributed by atoms with Crippen LogP contribution in [-0.2, 0) is 0 Å². The van der Waals surface area contributed by atoms with Gasteiger partial charge in [-0.05, 0) is 24.3 Å². The topological polar surface area (TPSA) is 9.23 Å². The first-order valence-electron chi connectivity index (χ1n) is 7.23. The van der Waals surface area contributed by atoms with Crippen molar-refractivity contribution in [2.24, 2.45) is 0 Å². The molecular formula is C19H12F6O. The molecule has 0 aliphatic heterocycles. The minimum atomic E-state index is -2.48. The van der Waals surface area contributed by atoms with Gasteiger partial charge in [0.25, 0.3) is 0 Å². The fourth-order valence-electron chi connectivity index (χ4n) is 1.96. The summed E-state index contributed by atoms with van der Waals surface area (Å²) in [6, 6.07) is 11.0. The average Bonchev–Trinajstić information content (AvgIpc) is 2.71. The van der Waals surface area contributed by atoms with Crippen LogP contribution in [0.25, 0.3) is 11.7 Å². The third-order valence-corrected chi connectivity index (χ3v) is 3.33. The zero-order valence-corrected chi connectivity index (χ0v) is 13.4. The maximum Gasteiger partial charge on any atom is 0.200 e. The fraction of sp³-hybridized carbons (Fsp3) is 0.0526. The van der Waals surface area contributed by atoms with Crippen molar-refractivity contribution < 1.29 is 31.1 Å². The minimum Gasteiger partial charge on any atom is -0.497 e. The van der Waals surface area contributed by atoms with E-state index in [1.54, 1.807) is 0 Å². The lowest BCUT2D eigenvalue weighted by molar-refractivity contribution is 0.414. The SMILES string of the molecule is COc1ccc(/C(F)=C(F)/C(F)=C(F)/C(F)=C(\F)c2ccccc2)cc1. The van der Waals surface area contributed by atoms with Gasteiger partial charge < -0.3 is 4.74 Å². The molecule has 0 N–H and O–H groups in total. The number of halogens is 6. The standard InChI is InChI=1S/C19H12F6O/c1-26-13-9-7-12(8-10-13)15(21)17(23)19(25)18(24)16(22)14(20)11-5-3-2-4-6-11/h2-10H,1H3/b16-14+,17-15+,19-18+. The van der Waals surface area contributed by atoms with E-state index in [-0.39, 0.29) is 5.56 Å². The van der Waals surface area contributed by atoms with Gasteiger partial charge >= 0.3 is 0 Å². The van der Waals surface area contributed by atoms with Crippen LogP contribution in [0, 0.1) is 0 Å². The number of ether oxygens (including phenoxy) is 1. The zero-order chi connectivity index (χ0) is 19.3. The first kappa shape index (κ1) is 19.4. The fourth-order valence-corrected chi connectivity index (χ4v) is 1.96. The lowest BCUT2D eigenvalue weighted by Crippen LogP contribution is -1.91. The Hall–Kier alpha value is -2.96. The second kappa shape index (κ2) is 8.42. The van der Waals surface area contributed by atoms with Gasteiger partial charge in [0.2, 0.25) is 11.7 Å². The number of hydrogen-bond donors (Lipinski definition) is 0. The van der Waals surface area contributed by atoms with Gasteiger partial charge in [0.15, 0.2) is 23.3 Å². The molecule has 0 aliphatic carbocycles. The lowest BCUT2D eigenvalue weighted by Gasteiger charge is -2.04. The summed E-state index contributed by atoms with van der Waals surface area (Å²) in [6.45, 7) is 0. The number of methoxy groups -OCH3 is 1. The molecule has 0 unspecified atom stereocenters. The summed E-state index contributed by atoms with van der Waals surface area (Å²) in [5.41, 5.74) is -0.813. The Bertz CT molecular complexity index is 867. The molecule has 0 atom stereocenters. The number of benzene rings is 2. The summed E-state index contributed by atoms with van der Waals surface area (Å²) in [4.78, 5) is 0. The van der Waals surface area contributed by atoms with Gasteiger partial charge in [0.05, 0.1) is 7.11 Å². The molecule has 26 heavy (non-hydrogen) atoms. The molecule has 1 nitrogen and oxygen atoms in total. The van der Waals surface area contributed by atoms with Crippen LogP contribution < -0.4 is 4.74 Å². The van der Waals surface area contributed by atoms with Crippen LogP contribution in [0.4, 0.5) is 26.3 Å². The molecule has 2 rings (SSSR count). The van der Waals surface area contributed by atoms with Crippen molar-refractivity contribution in [1.82, 2.24) is 0 Å². The highest BCUT2D eigenvalue weighted by Crippen LogP contribution is 2.35. The van der Waals surface area contributed by atoms with E-state index in [1.807, 2.05) is 0 Å². The van der Waals surface area contributed by atoms with E-state index in [0.29, 0.717) is 5.75 Å². The largest absolute Gasteiger partial charge is 0.497 e. The molecule has 7 heteroatoms. The van der Waals surface area contributed by atoms with Crippen LogP contribution >= 0.6 is 0 Å². The Balaban J connectivity index is 2.44. The maximum absolute atomic E-state index is 14.0. The third kappa shape index (κ3) is 4.17. The van der Waals surface area contributed by atoms with Gasteiger partial charge in [-0.3, -0.25) is 0 Å². The molecular weight excluding hydrogens is 358 g/mol. The normalized spacial score (nSPS) is 14.3. The average molecular weight is 370 g/mol. The highest BCUT2D eigenvalue weighted by molar-refractivity contribution is 5.68. The quantitative estimate of drug-likeness (QED) is 0.417. The van der Waals surface area contributed by atoms with E-state index in [4.69, 9.17) is 4.74 Å². The van der Waals surface area contributed by atoms with E-state index < -0.39 is 40.5 Å². The third-order valence-electron chi connectivity index (χ3n) is 3.33. The highest BCUT2D eigenvalue weighted by atomic mass is 19.2. The molecule has 0 amide bonds. The smallest absolute Gasteiger partial charge is 0.200 e. The summed E-state index contributed by atoms with van der Waals surface area (Å²) in [5.74, 6) is -12.7. The van der Waals surface area contributed by atoms with Gasteiger partial charge in [0.1, 0.15) is 5.75 Å². The van der Waals surface area contributed by atoms with Gasteiger partial charge in [-0.2, -0.15) is 0 Å². The molecule has 0 aliphatic rings. The molecule has 2 aromatic carbocycles. The van der Waals surface area contributed by atoms with Crippen molar-refractivity contribution in [3.63, 3.8) is 0 Å². The monoisotopic (exact) mass is 370 g/mol. The Kier molecular flexibility index (Phi) is 6.27. The lowest BCUT2D eigenvalue weighted by atomic mass is 10.1. The van der Waals surface area contributed by atoms with Crippen LogP contribution in [0.3, 0.4) is 0 Å². The zero-order valence-electron chi connectivity index (χ0n) is 13.4. The number of hydrogen-bond acceptors (Lipinski definition) is 1. The van der Waals surface area contributed by atoms with Gasteiger partial charge in [-0.25, -0.2) is 26.3 Å². The van der Waals surface area contributed by atoms with Crippen molar-refractivity contribution in [3.8, 4) is 5.75 Å².